The van der Waals surface area contributed by atoms with Gasteiger partial charge >= 0.3 is 0 Å². The van der Waals surface area contributed by atoms with Crippen LogP contribution in [0.25, 0.3) is 0 Å². The predicted molar refractivity (Wildman–Crippen MR) is 123 cm³/mol. The SMILES string of the molecule is COc1ccccc1CCNC(=O)[C@H](C1CCCC1)N1CCN(C(=O)CC(C)C)CC1. The molecule has 2 aliphatic rings. The number of carbonyl (C=O) groups is 2. The third-order valence-electron chi connectivity index (χ3n) is 6.64. The van der Waals surface area contributed by atoms with E-state index in [1.165, 1.54) is 12.8 Å². The van der Waals surface area contributed by atoms with Crippen molar-refractivity contribution < 1.29 is 14.3 Å². The van der Waals surface area contributed by atoms with Gasteiger partial charge in [0, 0.05) is 39.1 Å². The average molecular weight is 430 g/mol. The van der Waals surface area contributed by atoms with Crippen LogP contribution in [0, 0.1) is 11.8 Å². The van der Waals surface area contributed by atoms with Crippen molar-refractivity contribution in [3.05, 3.63) is 29.8 Å². The van der Waals surface area contributed by atoms with E-state index in [2.05, 4.69) is 24.1 Å². The minimum atomic E-state index is -0.0810. The van der Waals surface area contributed by atoms with Gasteiger partial charge in [-0.2, -0.15) is 0 Å². The molecule has 1 N–H and O–H groups in total. The van der Waals surface area contributed by atoms with E-state index in [0.29, 0.717) is 24.8 Å². The van der Waals surface area contributed by atoms with Gasteiger partial charge in [-0.3, -0.25) is 14.5 Å². The van der Waals surface area contributed by atoms with E-state index in [9.17, 15) is 9.59 Å². The van der Waals surface area contributed by atoms with Gasteiger partial charge in [-0.05, 0) is 42.7 Å². The molecule has 0 spiro atoms. The predicted octanol–water partition coefficient (Wildman–Crippen LogP) is 3.10. The summed E-state index contributed by atoms with van der Waals surface area (Å²) in [5, 5.41) is 3.20. The quantitative estimate of drug-likeness (QED) is 0.655. The Kier molecular flexibility index (Phi) is 8.76. The highest BCUT2D eigenvalue weighted by atomic mass is 16.5. The van der Waals surface area contributed by atoms with Gasteiger partial charge in [-0.1, -0.05) is 44.9 Å². The number of hydrogen-bond donors (Lipinski definition) is 1. The van der Waals surface area contributed by atoms with E-state index >= 15 is 0 Å². The van der Waals surface area contributed by atoms with Crippen LogP contribution in [0.2, 0.25) is 0 Å². The third kappa shape index (κ3) is 6.45. The van der Waals surface area contributed by atoms with E-state index in [-0.39, 0.29) is 17.9 Å². The molecule has 1 saturated heterocycles. The molecule has 1 heterocycles. The minimum Gasteiger partial charge on any atom is -0.496 e. The zero-order chi connectivity index (χ0) is 22.2. The maximum absolute atomic E-state index is 13.3. The Bertz CT molecular complexity index is 722. The van der Waals surface area contributed by atoms with Gasteiger partial charge in [0.25, 0.3) is 0 Å². The summed E-state index contributed by atoms with van der Waals surface area (Å²) in [4.78, 5) is 30.0. The highest BCUT2D eigenvalue weighted by Gasteiger charge is 2.37. The fraction of sp³-hybridized carbons (Fsp3) is 0.680. The molecule has 1 aliphatic heterocycles. The second-order valence-electron chi connectivity index (χ2n) is 9.36. The summed E-state index contributed by atoms with van der Waals surface area (Å²) >= 11 is 0. The summed E-state index contributed by atoms with van der Waals surface area (Å²) in [6, 6.07) is 7.89. The molecule has 172 valence electrons. The lowest BCUT2D eigenvalue weighted by Crippen LogP contribution is -2.58. The number of rotatable bonds is 9. The van der Waals surface area contributed by atoms with Crippen LogP contribution in [0.4, 0.5) is 0 Å². The normalized spacial score (nSPS) is 18.9. The van der Waals surface area contributed by atoms with E-state index in [1.54, 1.807) is 7.11 Å². The zero-order valence-corrected chi connectivity index (χ0v) is 19.4. The molecular weight excluding hydrogens is 390 g/mol. The van der Waals surface area contributed by atoms with E-state index < -0.39 is 0 Å². The molecule has 3 rings (SSSR count). The molecule has 2 amide bonds. The van der Waals surface area contributed by atoms with E-state index in [0.717, 1.165) is 56.8 Å². The van der Waals surface area contributed by atoms with Crippen LogP contribution < -0.4 is 10.1 Å². The van der Waals surface area contributed by atoms with Crippen molar-refractivity contribution in [2.75, 3.05) is 39.8 Å². The van der Waals surface area contributed by atoms with Crippen LogP contribution >= 0.6 is 0 Å². The largest absolute Gasteiger partial charge is 0.496 e. The summed E-state index contributed by atoms with van der Waals surface area (Å²) < 4.78 is 5.43. The Hall–Kier alpha value is -2.08. The molecule has 0 radical (unpaired) electrons. The van der Waals surface area contributed by atoms with Crippen LogP contribution in [0.15, 0.2) is 24.3 Å². The van der Waals surface area contributed by atoms with Crippen molar-refractivity contribution in [1.82, 2.24) is 15.1 Å². The number of ether oxygens (including phenoxy) is 1. The highest BCUT2D eigenvalue weighted by molar-refractivity contribution is 5.82. The fourth-order valence-corrected chi connectivity index (χ4v) is 5.01. The molecule has 1 aromatic rings. The van der Waals surface area contributed by atoms with Crippen molar-refractivity contribution in [1.29, 1.82) is 0 Å². The maximum atomic E-state index is 13.3. The van der Waals surface area contributed by atoms with Crippen molar-refractivity contribution in [3.63, 3.8) is 0 Å². The Morgan fingerprint density at radius 1 is 1.10 bits per heavy atom. The molecule has 0 unspecified atom stereocenters. The lowest BCUT2D eigenvalue weighted by molar-refractivity contribution is -0.135. The van der Waals surface area contributed by atoms with E-state index in [4.69, 9.17) is 4.74 Å². The van der Waals surface area contributed by atoms with Crippen LogP contribution in [-0.2, 0) is 16.0 Å². The second-order valence-corrected chi connectivity index (χ2v) is 9.36. The number of amides is 2. The minimum absolute atomic E-state index is 0.0810. The molecule has 2 fully saturated rings. The zero-order valence-electron chi connectivity index (χ0n) is 19.4. The van der Waals surface area contributed by atoms with Crippen LogP contribution in [-0.4, -0.2) is 67.5 Å². The molecule has 1 aliphatic carbocycles. The number of nitrogens with one attached hydrogen (secondary N) is 1. The first-order valence-corrected chi connectivity index (χ1v) is 11.9. The summed E-state index contributed by atoms with van der Waals surface area (Å²) in [6.07, 6.45) is 6.03. The first-order valence-electron chi connectivity index (χ1n) is 11.9. The van der Waals surface area contributed by atoms with Gasteiger partial charge in [0.05, 0.1) is 13.2 Å². The second kappa shape index (κ2) is 11.5. The average Bonchev–Trinajstić information content (AvgIpc) is 3.28. The molecular formula is C25H39N3O3. The third-order valence-corrected chi connectivity index (χ3v) is 6.64. The van der Waals surface area contributed by atoms with Crippen LogP contribution in [0.1, 0.15) is 51.5 Å². The van der Waals surface area contributed by atoms with Gasteiger partial charge in [0.15, 0.2) is 0 Å². The van der Waals surface area contributed by atoms with Crippen molar-refractivity contribution in [2.24, 2.45) is 11.8 Å². The maximum Gasteiger partial charge on any atom is 0.237 e. The van der Waals surface area contributed by atoms with Crippen LogP contribution in [0.3, 0.4) is 0 Å². The number of methoxy groups -OCH3 is 1. The Balaban J connectivity index is 1.56. The lowest BCUT2D eigenvalue weighted by Gasteiger charge is -2.41. The molecule has 31 heavy (non-hydrogen) atoms. The highest BCUT2D eigenvalue weighted by Crippen LogP contribution is 2.31. The summed E-state index contributed by atoms with van der Waals surface area (Å²) in [6.45, 7) is 7.79. The van der Waals surface area contributed by atoms with Crippen molar-refractivity contribution >= 4 is 11.8 Å². The van der Waals surface area contributed by atoms with Crippen molar-refractivity contribution in [3.8, 4) is 5.75 Å². The number of carbonyl (C=O) groups excluding carboxylic acids is 2. The van der Waals surface area contributed by atoms with Gasteiger partial charge in [0.2, 0.25) is 11.8 Å². The van der Waals surface area contributed by atoms with Crippen LogP contribution in [0.5, 0.6) is 5.75 Å². The summed E-state index contributed by atoms with van der Waals surface area (Å²) in [5.41, 5.74) is 1.11. The lowest BCUT2D eigenvalue weighted by atomic mass is 9.94. The molecule has 0 aromatic heterocycles. The monoisotopic (exact) mass is 429 g/mol. The summed E-state index contributed by atoms with van der Waals surface area (Å²) in [5.74, 6) is 2.05. The smallest absolute Gasteiger partial charge is 0.237 e. The van der Waals surface area contributed by atoms with E-state index in [1.807, 2.05) is 29.2 Å². The number of nitrogens with zero attached hydrogens (tertiary/aromatic N) is 2. The van der Waals surface area contributed by atoms with Crippen molar-refractivity contribution in [2.45, 2.75) is 58.4 Å². The number of para-hydroxylation sites is 1. The Labute approximate surface area is 187 Å². The molecule has 6 nitrogen and oxygen atoms in total. The molecule has 0 bridgehead atoms. The topological polar surface area (TPSA) is 61.9 Å². The first-order chi connectivity index (χ1) is 15.0. The first kappa shape index (κ1) is 23.6. The van der Waals surface area contributed by atoms with Gasteiger partial charge in [-0.15, -0.1) is 0 Å². The number of piperazine rings is 1. The molecule has 1 aromatic carbocycles. The number of benzene rings is 1. The molecule has 1 atom stereocenters. The molecule has 6 heteroatoms. The summed E-state index contributed by atoms with van der Waals surface area (Å²) in [7, 11) is 1.68. The van der Waals surface area contributed by atoms with Gasteiger partial charge in [0.1, 0.15) is 5.75 Å². The standard InChI is InChI=1S/C25H39N3O3/c1-19(2)18-23(29)27-14-16-28(17-15-27)24(21-9-4-5-10-21)25(30)26-13-12-20-8-6-7-11-22(20)31-3/h6-8,11,19,21,24H,4-5,9-10,12-18H2,1-3H3,(H,26,30)/t24-/m0/s1. The van der Waals surface area contributed by atoms with Gasteiger partial charge in [-0.25, -0.2) is 0 Å². The van der Waals surface area contributed by atoms with Gasteiger partial charge < -0.3 is 15.0 Å². The Morgan fingerprint density at radius 3 is 2.42 bits per heavy atom. The fourth-order valence-electron chi connectivity index (χ4n) is 5.01. The number of hydrogen-bond acceptors (Lipinski definition) is 4. The molecule has 1 saturated carbocycles. The Morgan fingerprint density at radius 2 is 1.77 bits per heavy atom.